The van der Waals surface area contributed by atoms with E-state index in [4.69, 9.17) is 5.26 Å². The number of rotatable bonds is 2. The molecular formula is C15H10BrN3S. The van der Waals surface area contributed by atoms with Crippen molar-refractivity contribution in [2.75, 3.05) is 5.32 Å². The van der Waals surface area contributed by atoms with Crippen molar-refractivity contribution in [3.05, 3.63) is 52.1 Å². The second-order valence-electron chi connectivity index (χ2n) is 4.42. The van der Waals surface area contributed by atoms with Crippen LogP contribution >= 0.6 is 27.5 Å². The van der Waals surface area contributed by atoms with E-state index in [9.17, 15) is 0 Å². The van der Waals surface area contributed by atoms with Crippen molar-refractivity contribution < 1.29 is 0 Å². The number of nitrogens with zero attached hydrogens (tertiary/aromatic N) is 2. The Hall–Kier alpha value is -1.90. The van der Waals surface area contributed by atoms with E-state index in [2.05, 4.69) is 56.0 Å². The van der Waals surface area contributed by atoms with Crippen molar-refractivity contribution in [2.45, 2.75) is 6.92 Å². The maximum Gasteiger partial charge on any atom is 0.132 e. The van der Waals surface area contributed by atoms with Gasteiger partial charge in [0.2, 0.25) is 0 Å². The van der Waals surface area contributed by atoms with Crippen molar-refractivity contribution in [1.29, 1.82) is 5.26 Å². The van der Waals surface area contributed by atoms with Gasteiger partial charge in [0.05, 0.1) is 5.69 Å². The maximum absolute atomic E-state index is 9.14. The van der Waals surface area contributed by atoms with E-state index in [0.29, 0.717) is 5.56 Å². The summed E-state index contributed by atoms with van der Waals surface area (Å²) < 4.78 is 5.27. The fourth-order valence-electron chi connectivity index (χ4n) is 2.01. The first kappa shape index (κ1) is 13.1. The monoisotopic (exact) mass is 343 g/mol. The third kappa shape index (κ3) is 2.40. The van der Waals surface area contributed by atoms with Gasteiger partial charge in [0.25, 0.3) is 0 Å². The van der Waals surface area contributed by atoms with Gasteiger partial charge < -0.3 is 5.32 Å². The summed E-state index contributed by atoms with van der Waals surface area (Å²) >= 11 is 4.78. The molecule has 3 aromatic rings. The van der Waals surface area contributed by atoms with Crippen molar-refractivity contribution in [3.63, 3.8) is 0 Å². The molecule has 1 heterocycles. The summed E-state index contributed by atoms with van der Waals surface area (Å²) in [6.45, 7) is 1.85. The molecule has 0 aliphatic carbocycles. The molecule has 0 amide bonds. The number of aromatic nitrogens is 1. The van der Waals surface area contributed by atoms with Crippen LogP contribution in [0.5, 0.6) is 0 Å². The third-order valence-corrected chi connectivity index (χ3v) is 4.38. The second-order valence-corrected chi connectivity index (χ2v) is 6.10. The number of aryl methyl sites for hydroxylation is 1. The second kappa shape index (κ2) is 5.23. The highest BCUT2D eigenvalue weighted by atomic mass is 79.9. The number of nitriles is 1. The lowest BCUT2D eigenvalue weighted by Gasteiger charge is -2.06. The molecule has 2 aromatic carbocycles. The molecule has 0 saturated carbocycles. The number of hydrogen-bond acceptors (Lipinski definition) is 4. The maximum atomic E-state index is 9.14. The van der Waals surface area contributed by atoms with E-state index in [1.54, 1.807) is 0 Å². The Morgan fingerprint density at radius 3 is 2.75 bits per heavy atom. The lowest BCUT2D eigenvalue weighted by molar-refractivity contribution is 1.31. The van der Waals surface area contributed by atoms with Gasteiger partial charge in [-0.05, 0) is 53.5 Å². The molecule has 0 aliphatic rings. The molecule has 0 fully saturated rings. The van der Waals surface area contributed by atoms with E-state index < -0.39 is 0 Å². The van der Waals surface area contributed by atoms with E-state index in [1.165, 1.54) is 16.9 Å². The standard InChI is InChI=1S/C15H10BrN3S/c1-9-14(8-17)15(20-19-9)18-13-5-3-10-6-12(16)4-2-11(10)7-13/h2-7,18H,1H3. The van der Waals surface area contributed by atoms with Crippen LogP contribution in [0.2, 0.25) is 0 Å². The van der Waals surface area contributed by atoms with Crippen LogP contribution in [0.15, 0.2) is 40.9 Å². The predicted molar refractivity (Wildman–Crippen MR) is 86.5 cm³/mol. The van der Waals surface area contributed by atoms with Crippen LogP contribution in [0.4, 0.5) is 10.7 Å². The molecule has 0 aliphatic heterocycles. The highest BCUT2D eigenvalue weighted by Crippen LogP contribution is 2.29. The van der Waals surface area contributed by atoms with Crippen LogP contribution in [0.25, 0.3) is 10.8 Å². The Kier molecular flexibility index (Phi) is 3.43. The Morgan fingerprint density at radius 1 is 1.20 bits per heavy atom. The Morgan fingerprint density at radius 2 is 1.95 bits per heavy atom. The summed E-state index contributed by atoms with van der Waals surface area (Å²) in [4.78, 5) is 0. The molecule has 0 atom stereocenters. The SMILES string of the molecule is Cc1nsc(Nc2ccc3cc(Br)ccc3c2)c1C#N. The van der Waals surface area contributed by atoms with Crippen LogP contribution < -0.4 is 5.32 Å². The minimum absolute atomic E-state index is 0.617. The average Bonchev–Trinajstić information content (AvgIpc) is 2.79. The van der Waals surface area contributed by atoms with Gasteiger partial charge in [-0.15, -0.1) is 0 Å². The average molecular weight is 344 g/mol. The molecule has 5 heteroatoms. The number of benzene rings is 2. The molecule has 0 saturated heterocycles. The fourth-order valence-corrected chi connectivity index (χ4v) is 3.16. The zero-order valence-electron chi connectivity index (χ0n) is 10.6. The first-order valence-electron chi connectivity index (χ1n) is 6.00. The summed E-state index contributed by atoms with van der Waals surface area (Å²) in [6.07, 6.45) is 0. The van der Waals surface area contributed by atoms with E-state index in [-0.39, 0.29) is 0 Å². The summed E-state index contributed by atoms with van der Waals surface area (Å²) in [5.74, 6) is 0. The molecule has 0 spiro atoms. The topological polar surface area (TPSA) is 48.7 Å². The van der Waals surface area contributed by atoms with Crippen LogP contribution in [0.1, 0.15) is 11.3 Å². The summed E-state index contributed by atoms with van der Waals surface area (Å²) in [7, 11) is 0. The molecule has 20 heavy (non-hydrogen) atoms. The molecular weight excluding hydrogens is 334 g/mol. The van der Waals surface area contributed by atoms with E-state index in [0.717, 1.165) is 26.2 Å². The molecule has 0 bridgehead atoms. The molecule has 0 unspecified atom stereocenters. The van der Waals surface area contributed by atoms with Gasteiger partial charge in [-0.1, -0.05) is 28.1 Å². The highest BCUT2D eigenvalue weighted by Gasteiger charge is 2.10. The van der Waals surface area contributed by atoms with E-state index in [1.807, 2.05) is 19.1 Å². The van der Waals surface area contributed by atoms with Crippen molar-refractivity contribution >= 4 is 48.9 Å². The zero-order valence-corrected chi connectivity index (χ0v) is 13.0. The van der Waals surface area contributed by atoms with Crippen LogP contribution in [-0.4, -0.2) is 4.37 Å². The first-order valence-corrected chi connectivity index (χ1v) is 7.57. The summed E-state index contributed by atoms with van der Waals surface area (Å²) in [6, 6.07) is 14.5. The van der Waals surface area contributed by atoms with Gasteiger partial charge in [-0.25, -0.2) is 0 Å². The third-order valence-electron chi connectivity index (χ3n) is 3.03. The van der Waals surface area contributed by atoms with Gasteiger partial charge >= 0.3 is 0 Å². The smallest absolute Gasteiger partial charge is 0.132 e. The van der Waals surface area contributed by atoms with Crippen LogP contribution in [0, 0.1) is 18.3 Å². The first-order chi connectivity index (χ1) is 9.67. The molecule has 0 radical (unpaired) electrons. The lowest BCUT2D eigenvalue weighted by atomic mass is 10.1. The minimum Gasteiger partial charge on any atom is -0.345 e. The van der Waals surface area contributed by atoms with Gasteiger partial charge in [0.1, 0.15) is 16.6 Å². The fraction of sp³-hybridized carbons (Fsp3) is 0.0667. The van der Waals surface area contributed by atoms with Gasteiger partial charge in [-0.2, -0.15) is 9.64 Å². The quantitative estimate of drug-likeness (QED) is 0.713. The predicted octanol–water partition coefficient (Wildman–Crippen LogP) is 4.98. The van der Waals surface area contributed by atoms with Gasteiger partial charge in [-0.3, -0.25) is 0 Å². The Labute approximate surface area is 129 Å². The summed E-state index contributed by atoms with van der Waals surface area (Å²) in [5, 5.41) is 15.5. The molecule has 3 rings (SSSR count). The molecule has 1 aromatic heterocycles. The largest absolute Gasteiger partial charge is 0.345 e. The van der Waals surface area contributed by atoms with Gasteiger partial charge in [0.15, 0.2) is 0 Å². The van der Waals surface area contributed by atoms with Crippen molar-refractivity contribution in [1.82, 2.24) is 4.37 Å². The summed E-state index contributed by atoms with van der Waals surface area (Å²) in [5.41, 5.74) is 2.34. The number of anilines is 2. The minimum atomic E-state index is 0.617. The Bertz CT molecular complexity index is 833. The number of nitrogens with one attached hydrogen (secondary N) is 1. The number of fused-ring (bicyclic) bond motifs is 1. The zero-order chi connectivity index (χ0) is 14.1. The van der Waals surface area contributed by atoms with E-state index >= 15 is 0 Å². The van der Waals surface area contributed by atoms with Crippen LogP contribution in [0.3, 0.4) is 0 Å². The van der Waals surface area contributed by atoms with Crippen molar-refractivity contribution in [3.8, 4) is 6.07 Å². The molecule has 98 valence electrons. The molecule has 1 N–H and O–H groups in total. The van der Waals surface area contributed by atoms with Crippen LogP contribution in [-0.2, 0) is 0 Å². The lowest BCUT2D eigenvalue weighted by Crippen LogP contribution is -1.90. The van der Waals surface area contributed by atoms with Gasteiger partial charge in [0, 0.05) is 10.2 Å². The van der Waals surface area contributed by atoms with Crippen molar-refractivity contribution in [2.24, 2.45) is 0 Å². The number of halogens is 1. The normalized spacial score (nSPS) is 10.4. The molecule has 3 nitrogen and oxygen atoms in total. The number of hydrogen-bond donors (Lipinski definition) is 1. The Balaban J connectivity index is 1.99. The highest BCUT2D eigenvalue weighted by molar-refractivity contribution is 9.10.